The fourth-order valence-corrected chi connectivity index (χ4v) is 6.42. The first-order chi connectivity index (χ1) is 21.0. The Hall–Kier alpha value is -3.91. The van der Waals surface area contributed by atoms with E-state index in [1.54, 1.807) is 4.90 Å². The summed E-state index contributed by atoms with van der Waals surface area (Å²) in [7, 11) is 2.07. The van der Waals surface area contributed by atoms with Gasteiger partial charge >= 0.3 is 6.01 Å². The average molecular weight is 602 g/mol. The number of piperazine rings is 1. The van der Waals surface area contributed by atoms with Crippen molar-refractivity contribution in [2.75, 3.05) is 69.4 Å². The summed E-state index contributed by atoms with van der Waals surface area (Å²) in [5.74, 6) is 0.670. The smallest absolute Gasteiger partial charge is 0.318 e. The van der Waals surface area contributed by atoms with E-state index in [4.69, 9.17) is 31.0 Å². The largest absolute Gasteiger partial charge is 0.462 e. The monoisotopic (exact) mass is 601 g/mol. The van der Waals surface area contributed by atoms with Crippen molar-refractivity contribution in [2.45, 2.75) is 31.5 Å². The molecule has 2 saturated heterocycles. The summed E-state index contributed by atoms with van der Waals surface area (Å²) in [5, 5.41) is 12.4. The molecule has 10 nitrogen and oxygen atoms in total. The number of nitriles is 1. The fourth-order valence-electron chi connectivity index (χ4n) is 6.14. The van der Waals surface area contributed by atoms with Crippen molar-refractivity contribution in [2.24, 2.45) is 0 Å². The maximum atomic E-state index is 12.5. The van der Waals surface area contributed by atoms with Crippen LogP contribution in [0.3, 0.4) is 0 Å². The number of hydrogen-bond acceptors (Lipinski definition) is 9. The summed E-state index contributed by atoms with van der Waals surface area (Å²) in [6.45, 7) is 9.26. The second-order valence-electron chi connectivity index (χ2n) is 11.3. The van der Waals surface area contributed by atoms with Gasteiger partial charge in [-0.05, 0) is 37.1 Å². The lowest BCUT2D eigenvalue weighted by Crippen LogP contribution is -2.55. The van der Waals surface area contributed by atoms with Crippen LogP contribution in [-0.4, -0.2) is 97.4 Å². The highest BCUT2D eigenvalue weighted by atomic mass is 35.5. The number of nitrogens with zero attached hydrogens (tertiary/aromatic N) is 7. The zero-order chi connectivity index (χ0) is 29.9. The van der Waals surface area contributed by atoms with Gasteiger partial charge in [0.2, 0.25) is 5.91 Å². The molecule has 3 aromatic rings. The van der Waals surface area contributed by atoms with Crippen LogP contribution in [0.25, 0.3) is 10.8 Å². The predicted octanol–water partition coefficient (Wildman–Crippen LogP) is 3.67. The third-order valence-electron chi connectivity index (χ3n) is 8.68. The molecule has 224 valence electrons. The first-order valence-corrected chi connectivity index (χ1v) is 15.1. The molecule has 3 aliphatic rings. The summed E-state index contributed by atoms with van der Waals surface area (Å²) in [5.41, 5.74) is 3.07. The van der Waals surface area contributed by atoms with Gasteiger partial charge in [-0.3, -0.25) is 9.69 Å². The molecule has 1 amide bonds. The second kappa shape index (κ2) is 12.8. The van der Waals surface area contributed by atoms with E-state index in [1.807, 2.05) is 12.1 Å². The van der Waals surface area contributed by atoms with Gasteiger partial charge in [0.05, 0.1) is 55.0 Å². The van der Waals surface area contributed by atoms with Crippen molar-refractivity contribution in [3.63, 3.8) is 0 Å². The van der Waals surface area contributed by atoms with Crippen LogP contribution in [-0.2, 0) is 22.5 Å². The minimum atomic E-state index is -0.254. The molecule has 3 aliphatic heterocycles. The minimum Gasteiger partial charge on any atom is -0.462 e. The van der Waals surface area contributed by atoms with Gasteiger partial charge in [0.1, 0.15) is 12.4 Å². The lowest BCUT2D eigenvalue weighted by atomic mass is 10.0. The summed E-state index contributed by atoms with van der Waals surface area (Å²) < 4.78 is 11.5. The third kappa shape index (κ3) is 5.98. The van der Waals surface area contributed by atoms with Crippen molar-refractivity contribution in [1.82, 2.24) is 19.8 Å². The van der Waals surface area contributed by atoms with Crippen molar-refractivity contribution in [3.05, 3.63) is 65.3 Å². The second-order valence-corrected chi connectivity index (χ2v) is 11.7. The van der Waals surface area contributed by atoms with Gasteiger partial charge < -0.3 is 24.2 Å². The summed E-state index contributed by atoms with van der Waals surface area (Å²) >= 11 is 6.69. The number of hydrogen-bond donors (Lipinski definition) is 0. The molecule has 6 rings (SSSR count). The lowest BCUT2D eigenvalue weighted by Gasteiger charge is -2.42. The topological polar surface area (TPSA) is 98.1 Å². The summed E-state index contributed by atoms with van der Waals surface area (Å²) in [4.78, 5) is 30.9. The maximum absolute atomic E-state index is 12.5. The van der Waals surface area contributed by atoms with E-state index in [0.717, 1.165) is 71.3 Å². The van der Waals surface area contributed by atoms with Gasteiger partial charge in [-0.25, -0.2) is 0 Å². The Morgan fingerprint density at radius 1 is 1.21 bits per heavy atom. The zero-order valence-electron chi connectivity index (χ0n) is 24.4. The Morgan fingerprint density at radius 2 is 2.02 bits per heavy atom. The van der Waals surface area contributed by atoms with E-state index in [-0.39, 0.29) is 18.4 Å². The number of benzene rings is 2. The molecule has 0 saturated carbocycles. The number of fused-ring (bicyclic) bond motifs is 2. The molecule has 1 atom stereocenters. The van der Waals surface area contributed by atoms with Gasteiger partial charge in [0, 0.05) is 49.4 Å². The third-order valence-corrected chi connectivity index (χ3v) is 9.00. The normalized spacial score (nSPS) is 18.7. The number of aromatic nitrogens is 2. The molecule has 0 radical (unpaired) electrons. The van der Waals surface area contributed by atoms with E-state index in [9.17, 15) is 10.1 Å². The van der Waals surface area contributed by atoms with Crippen LogP contribution in [0.5, 0.6) is 6.01 Å². The van der Waals surface area contributed by atoms with Crippen LogP contribution in [0.1, 0.15) is 17.7 Å². The highest BCUT2D eigenvalue weighted by Crippen LogP contribution is 2.37. The molecule has 0 unspecified atom stereocenters. The van der Waals surface area contributed by atoms with Crippen LogP contribution >= 0.6 is 11.6 Å². The molecule has 43 heavy (non-hydrogen) atoms. The fraction of sp³-hybridized carbons (Fsp3) is 0.438. The van der Waals surface area contributed by atoms with Crippen molar-refractivity contribution in [1.29, 1.82) is 5.26 Å². The number of halogens is 1. The first kappa shape index (κ1) is 29.2. The number of anilines is 2. The van der Waals surface area contributed by atoms with Crippen molar-refractivity contribution in [3.8, 4) is 12.1 Å². The van der Waals surface area contributed by atoms with E-state index in [1.165, 1.54) is 6.08 Å². The molecule has 0 spiro atoms. The van der Waals surface area contributed by atoms with E-state index in [0.29, 0.717) is 44.8 Å². The SMILES string of the molecule is C=CC(=O)N1CCN(c2nc(OCCN(C)C3COC3)nc3c2CCN(c2cccc4cccc(Cl)c24)C3)C[C@@H]1CC#N. The molecule has 0 N–H and O–H groups in total. The van der Waals surface area contributed by atoms with E-state index >= 15 is 0 Å². The van der Waals surface area contributed by atoms with Gasteiger partial charge in [-0.1, -0.05) is 42.4 Å². The molecule has 4 heterocycles. The number of amides is 1. The Kier molecular flexibility index (Phi) is 8.66. The van der Waals surface area contributed by atoms with Gasteiger partial charge in [0.25, 0.3) is 0 Å². The Labute approximate surface area is 257 Å². The zero-order valence-corrected chi connectivity index (χ0v) is 25.2. The quantitative estimate of drug-likeness (QED) is 0.340. The van der Waals surface area contributed by atoms with Gasteiger partial charge in [-0.15, -0.1) is 0 Å². The van der Waals surface area contributed by atoms with Crippen LogP contribution in [0, 0.1) is 11.3 Å². The maximum Gasteiger partial charge on any atom is 0.318 e. The lowest BCUT2D eigenvalue weighted by molar-refractivity contribution is -0.128. The molecule has 0 aliphatic carbocycles. The van der Waals surface area contributed by atoms with Gasteiger partial charge in [0.15, 0.2) is 0 Å². The summed E-state index contributed by atoms with van der Waals surface area (Å²) in [6.07, 6.45) is 2.30. The average Bonchev–Trinajstić information content (AvgIpc) is 2.99. The van der Waals surface area contributed by atoms with Crippen LogP contribution in [0.4, 0.5) is 11.5 Å². The number of carbonyl (C=O) groups is 1. The van der Waals surface area contributed by atoms with E-state index < -0.39 is 0 Å². The Morgan fingerprint density at radius 3 is 2.77 bits per heavy atom. The number of carbonyl (C=O) groups excluding carboxylic acids is 1. The van der Waals surface area contributed by atoms with E-state index in [2.05, 4.69) is 58.7 Å². The molecular weight excluding hydrogens is 566 g/mol. The first-order valence-electron chi connectivity index (χ1n) is 14.7. The van der Waals surface area contributed by atoms with Crippen LogP contribution in [0.2, 0.25) is 5.02 Å². The van der Waals surface area contributed by atoms with Crippen LogP contribution < -0.4 is 14.5 Å². The molecule has 2 fully saturated rings. The highest BCUT2D eigenvalue weighted by Gasteiger charge is 2.33. The predicted molar refractivity (Wildman–Crippen MR) is 167 cm³/mol. The van der Waals surface area contributed by atoms with Crippen molar-refractivity contribution >= 4 is 39.8 Å². The van der Waals surface area contributed by atoms with Crippen LogP contribution in [0.15, 0.2) is 49.1 Å². The number of rotatable bonds is 9. The molecule has 2 aromatic carbocycles. The Bertz CT molecular complexity index is 1550. The minimum absolute atomic E-state index is 0.154. The molecule has 1 aromatic heterocycles. The molecule has 0 bridgehead atoms. The number of ether oxygens (including phenoxy) is 2. The van der Waals surface area contributed by atoms with Crippen molar-refractivity contribution < 1.29 is 14.3 Å². The Balaban J connectivity index is 1.30. The molecular formula is C32H36ClN7O3. The molecule has 11 heteroatoms. The summed E-state index contributed by atoms with van der Waals surface area (Å²) in [6, 6.07) is 15.0. The standard InChI is InChI=1S/C32H36ClN7O3/c1-3-29(41)40-15-14-39(18-23(40)10-12-34)31-25-11-13-38(28-9-5-7-22-6-4-8-26(33)30(22)28)19-27(25)35-32(36-31)43-17-16-37(2)24-20-42-21-24/h3-9,23-24H,1,10-11,13-21H2,2H3/t23-/m0/s1. The number of likely N-dealkylation sites (N-methyl/N-ethyl adjacent to an activating group) is 1. The van der Waals surface area contributed by atoms with Gasteiger partial charge in [-0.2, -0.15) is 15.2 Å². The highest BCUT2D eigenvalue weighted by molar-refractivity contribution is 6.36.